The van der Waals surface area contributed by atoms with Gasteiger partial charge >= 0.3 is 0 Å². The first-order valence-electron chi connectivity index (χ1n) is 17.0. The molecule has 0 spiro atoms. The molecule has 0 aromatic heterocycles. The van der Waals surface area contributed by atoms with Crippen molar-refractivity contribution < 1.29 is 34.4 Å². The minimum atomic E-state index is -1.96. The van der Waals surface area contributed by atoms with Gasteiger partial charge in [-0.3, -0.25) is 19.3 Å². The smallest absolute Gasteiger partial charge is 0.264 e. The number of aliphatic hydroxyl groups excluding tert-OH is 2. The minimum absolute atomic E-state index is 0.0729. The fourth-order valence-electron chi connectivity index (χ4n) is 7.09. The average molecular weight is 661 g/mol. The average Bonchev–Trinajstić information content (AvgIpc) is 3.65. The summed E-state index contributed by atoms with van der Waals surface area (Å²) in [5.41, 5.74) is 1.06. The Morgan fingerprint density at radius 2 is 1.96 bits per heavy atom. The SMILES string of the molecule is C=CCN1C(=O)[C@](O)([C@H](C)/C=C/CC(=O)N2CCC[C@H]2CO)c2cc(N3C(=O)C(NCCCCO)Cc4cc(OCC)ccc43)ccc21. The molecule has 4 N–H and O–H groups in total. The fraction of sp³-hybridized carbons (Fsp3) is 0.486. The highest BCUT2D eigenvalue weighted by atomic mass is 16.5. The molecule has 5 rings (SSSR count). The maximum atomic E-state index is 14.1. The van der Waals surface area contributed by atoms with Crippen molar-refractivity contribution in [2.24, 2.45) is 5.92 Å². The van der Waals surface area contributed by atoms with Crippen LogP contribution in [0.25, 0.3) is 0 Å². The number of aliphatic hydroxyl groups is 3. The zero-order valence-corrected chi connectivity index (χ0v) is 27.9. The Labute approximate surface area is 282 Å². The Morgan fingerprint density at radius 1 is 1.17 bits per heavy atom. The van der Waals surface area contributed by atoms with Crippen LogP contribution < -0.4 is 19.9 Å². The highest BCUT2D eigenvalue weighted by Gasteiger charge is 2.52. The molecule has 1 unspecified atom stereocenters. The van der Waals surface area contributed by atoms with Crippen molar-refractivity contribution in [2.75, 3.05) is 49.3 Å². The number of likely N-dealkylation sites (tertiary alicyclic amines) is 1. The van der Waals surface area contributed by atoms with Gasteiger partial charge in [-0.25, -0.2) is 0 Å². The van der Waals surface area contributed by atoms with Gasteiger partial charge in [-0.1, -0.05) is 25.2 Å². The number of benzene rings is 2. The molecule has 0 saturated carbocycles. The van der Waals surface area contributed by atoms with Gasteiger partial charge in [0.1, 0.15) is 5.75 Å². The van der Waals surface area contributed by atoms with E-state index in [-0.39, 0.29) is 44.0 Å². The number of ether oxygens (including phenoxy) is 1. The summed E-state index contributed by atoms with van der Waals surface area (Å²) in [6.45, 7) is 9.32. The number of nitrogens with zero attached hydrogens (tertiary/aromatic N) is 3. The normalized spacial score (nSPS) is 22.7. The third-order valence-electron chi connectivity index (χ3n) is 9.63. The first-order chi connectivity index (χ1) is 23.2. The van der Waals surface area contributed by atoms with Crippen molar-refractivity contribution in [3.8, 4) is 5.75 Å². The monoisotopic (exact) mass is 660 g/mol. The van der Waals surface area contributed by atoms with Crippen molar-refractivity contribution in [2.45, 2.75) is 70.1 Å². The lowest BCUT2D eigenvalue weighted by atomic mass is 9.82. The van der Waals surface area contributed by atoms with Crippen LogP contribution in [-0.4, -0.2) is 89.5 Å². The molecule has 3 heterocycles. The summed E-state index contributed by atoms with van der Waals surface area (Å²) in [5, 5.41) is 34.5. The zero-order chi connectivity index (χ0) is 34.4. The van der Waals surface area contributed by atoms with Gasteiger partial charge in [-0.05, 0) is 87.5 Å². The molecule has 2 aromatic rings. The van der Waals surface area contributed by atoms with Gasteiger partial charge in [0, 0.05) is 43.3 Å². The Kier molecular flexibility index (Phi) is 11.4. The number of hydrogen-bond acceptors (Lipinski definition) is 8. The summed E-state index contributed by atoms with van der Waals surface area (Å²) in [4.78, 5) is 45.8. The number of fused-ring (bicyclic) bond motifs is 2. The fourth-order valence-corrected chi connectivity index (χ4v) is 7.09. The molecule has 258 valence electrons. The third kappa shape index (κ3) is 6.78. The molecule has 11 heteroatoms. The standard InChI is InChI=1S/C37H48N4O7/c1-4-18-40-33-15-13-27(41-32-16-14-29(48-5-2)21-26(32)22-31(35(41)45)38-17-6-7-20-42)23-30(33)37(47,36(40)46)25(3)10-8-12-34(44)39-19-9-11-28(39)24-43/h4,8,10,13-16,21,23,25,28,31,38,42-43,47H,1,5-7,9,11-12,17-20,22,24H2,2-3H3/b10-8+/t25-,28+,31?,37+/m1/s1. The van der Waals surface area contributed by atoms with Crippen LogP contribution in [-0.2, 0) is 26.4 Å². The summed E-state index contributed by atoms with van der Waals surface area (Å²) in [5.74, 6) is -0.791. The largest absolute Gasteiger partial charge is 0.494 e. The molecule has 3 amide bonds. The summed E-state index contributed by atoms with van der Waals surface area (Å²) >= 11 is 0. The molecule has 11 nitrogen and oxygen atoms in total. The maximum Gasteiger partial charge on any atom is 0.264 e. The quantitative estimate of drug-likeness (QED) is 0.168. The van der Waals surface area contributed by atoms with E-state index in [9.17, 15) is 29.7 Å². The number of carbonyl (C=O) groups is 3. The molecule has 2 aromatic carbocycles. The van der Waals surface area contributed by atoms with E-state index in [1.807, 2.05) is 25.1 Å². The van der Waals surface area contributed by atoms with Crippen LogP contribution in [0.5, 0.6) is 5.75 Å². The van der Waals surface area contributed by atoms with Crippen molar-refractivity contribution in [1.82, 2.24) is 10.2 Å². The molecule has 3 aliphatic heterocycles. The molecule has 0 aliphatic carbocycles. The molecule has 0 radical (unpaired) electrons. The van der Waals surface area contributed by atoms with Gasteiger partial charge in [-0.2, -0.15) is 0 Å². The lowest BCUT2D eigenvalue weighted by molar-refractivity contribution is -0.139. The molecule has 3 aliphatic rings. The Hall–Kier alpha value is -4.03. The Morgan fingerprint density at radius 3 is 2.69 bits per heavy atom. The van der Waals surface area contributed by atoms with Crippen molar-refractivity contribution in [1.29, 1.82) is 0 Å². The number of unbranched alkanes of at least 4 members (excludes halogenated alkanes) is 1. The van der Waals surface area contributed by atoms with E-state index in [0.717, 1.165) is 24.8 Å². The summed E-state index contributed by atoms with van der Waals surface area (Å²) in [6.07, 6.45) is 8.48. The van der Waals surface area contributed by atoms with Gasteiger partial charge in [-0.15, -0.1) is 6.58 Å². The van der Waals surface area contributed by atoms with E-state index >= 15 is 0 Å². The van der Waals surface area contributed by atoms with Crippen molar-refractivity contribution in [3.63, 3.8) is 0 Å². The topological polar surface area (TPSA) is 143 Å². The van der Waals surface area contributed by atoms with Crippen LogP contribution >= 0.6 is 0 Å². The van der Waals surface area contributed by atoms with Gasteiger partial charge in [0.2, 0.25) is 11.8 Å². The summed E-state index contributed by atoms with van der Waals surface area (Å²) in [6, 6.07) is 10.2. The minimum Gasteiger partial charge on any atom is -0.494 e. The van der Waals surface area contributed by atoms with Crippen LogP contribution in [0, 0.1) is 5.92 Å². The Bertz CT molecular complexity index is 1540. The predicted octanol–water partition coefficient (Wildman–Crippen LogP) is 3.32. The summed E-state index contributed by atoms with van der Waals surface area (Å²) < 4.78 is 5.76. The van der Waals surface area contributed by atoms with Crippen LogP contribution in [0.4, 0.5) is 17.1 Å². The number of rotatable bonds is 15. The van der Waals surface area contributed by atoms with E-state index in [0.29, 0.717) is 60.9 Å². The second-order valence-corrected chi connectivity index (χ2v) is 12.7. The van der Waals surface area contributed by atoms with Gasteiger partial charge in [0.15, 0.2) is 5.60 Å². The maximum absolute atomic E-state index is 14.1. The molecule has 0 bridgehead atoms. The van der Waals surface area contributed by atoms with E-state index < -0.39 is 23.5 Å². The molecule has 1 saturated heterocycles. The second kappa shape index (κ2) is 15.5. The van der Waals surface area contributed by atoms with E-state index in [4.69, 9.17) is 4.74 Å². The highest BCUT2D eigenvalue weighted by molar-refractivity contribution is 6.10. The van der Waals surface area contributed by atoms with Crippen LogP contribution in [0.15, 0.2) is 61.2 Å². The van der Waals surface area contributed by atoms with Gasteiger partial charge in [0.05, 0.1) is 36.7 Å². The molecule has 4 atom stereocenters. The lowest BCUT2D eigenvalue weighted by Crippen LogP contribution is -2.49. The second-order valence-electron chi connectivity index (χ2n) is 12.7. The highest BCUT2D eigenvalue weighted by Crippen LogP contribution is 2.48. The number of hydrogen-bond donors (Lipinski definition) is 4. The lowest BCUT2D eigenvalue weighted by Gasteiger charge is -2.35. The molecule has 1 fully saturated rings. The number of amides is 3. The first kappa shape index (κ1) is 35.3. The van der Waals surface area contributed by atoms with E-state index in [1.54, 1.807) is 53.2 Å². The van der Waals surface area contributed by atoms with E-state index in [1.165, 1.54) is 4.90 Å². The molecule has 48 heavy (non-hydrogen) atoms. The molecular weight excluding hydrogens is 612 g/mol. The van der Waals surface area contributed by atoms with Crippen molar-refractivity contribution >= 4 is 34.8 Å². The third-order valence-corrected chi connectivity index (χ3v) is 9.63. The Balaban J connectivity index is 1.49. The number of nitrogens with one attached hydrogen (secondary N) is 1. The zero-order valence-electron chi connectivity index (χ0n) is 27.9. The van der Waals surface area contributed by atoms with Gasteiger partial charge < -0.3 is 35.2 Å². The van der Waals surface area contributed by atoms with Crippen LogP contribution in [0.1, 0.15) is 57.1 Å². The van der Waals surface area contributed by atoms with Crippen molar-refractivity contribution in [3.05, 3.63) is 72.3 Å². The van der Waals surface area contributed by atoms with Crippen LogP contribution in [0.3, 0.4) is 0 Å². The predicted molar refractivity (Wildman–Crippen MR) is 184 cm³/mol. The summed E-state index contributed by atoms with van der Waals surface area (Å²) in [7, 11) is 0. The van der Waals surface area contributed by atoms with Gasteiger partial charge in [0.25, 0.3) is 5.91 Å². The van der Waals surface area contributed by atoms with E-state index in [2.05, 4.69) is 11.9 Å². The number of anilines is 3. The molecular formula is C37H48N4O7. The first-order valence-corrected chi connectivity index (χ1v) is 17.0. The van der Waals surface area contributed by atoms with Crippen LogP contribution in [0.2, 0.25) is 0 Å². The number of carbonyl (C=O) groups excluding carboxylic acids is 3.